The fraction of sp³-hybridized carbons (Fsp3) is 0.778. The molecular weight excluding hydrogens is 324 g/mol. The molecule has 1 aliphatic heterocycles. The van der Waals surface area contributed by atoms with Gasteiger partial charge >= 0.3 is 5.69 Å². The summed E-state index contributed by atoms with van der Waals surface area (Å²) in [6.07, 6.45) is 0.513. The fourth-order valence-corrected chi connectivity index (χ4v) is 3.13. The van der Waals surface area contributed by atoms with Gasteiger partial charge in [0, 0.05) is 19.4 Å². The first kappa shape index (κ1) is 19.9. The summed E-state index contributed by atoms with van der Waals surface area (Å²) in [5, 5.41) is 0. The minimum Gasteiger partial charge on any atom is -0.374 e. The summed E-state index contributed by atoms with van der Waals surface area (Å²) < 4.78 is 19.5. The van der Waals surface area contributed by atoms with Crippen molar-refractivity contribution in [2.24, 2.45) is 5.41 Å². The summed E-state index contributed by atoms with van der Waals surface area (Å²) in [4.78, 5) is 25.8. The summed E-state index contributed by atoms with van der Waals surface area (Å²) in [6, 6.07) is 1.30. The molecule has 1 saturated heterocycles. The molecule has 0 spiro atoms. The van der Waals surface area contributed by atoms with Crippen molar-refractivity contribution in [2.75, 3.05) is 7.11 Å². The topological polar surface area (TPSA) is 82.6 Å². The maximum absolute atomic E-state index is 12.2. The number of nitrogens with zero attached hydrogens (tertiary/aromatic N) is 1. The first-order valence-corrected chi connectivity index (χ1v) is 8.59. The van der Waals surface area contributed by atoms with E-state index in [4.69, 9.17) is 14.2 Å². The van der Waals surface area contributed by atoms with E-state index in [1.54, 1.807) is 7.11 Å². The van der Waals surface area contributed by atoms with Crippen LogP contribution in [0.1, 0.15) is 54.2 Å². The third-order valence-electron chi connectivity index (χ3n) is 3.99. The van der Waals surface area contributed by atoms with Gasteiger partial charge in [0.15, 0.2) is 6.23 Å². The highest BCUT2D eigenvalue weighted by molar-refractivity contribution is 4.96. The Morgan fingerprint density at radius 3 is 2.28 bits per heavy atom. The zero-order valence-corrected chi connectivity index (χ0v) is 16.2. The van der Waals surface area contributed by atoms with Crippen molar-refractivity contribution < 1.29 is 14.2 Å². The Balaban J connectivity index is 2.41. The van der Waals surface area contributed by atoms with Gasteiger partial charge in [-0.3, -0.25) is 14.3 Å². The lowest BCUT2D eigenvalue weighted by Crippen LogP contribution is -2.43. The van der Waals surface area contributed by atoms with Crippen LogP contribution in [-0.2, 0) is 14.2 Å². The highest BCUT2D eigenvalue weighted by atomic mass is 16.6. The van der Waals surface area contributed by atoms with Crippen LogP contribution in [-0.4, -0.2) is 40.6 Å². The number of methoxy groups -OCH3 is 1. The quantitative estimate of drug-likeness (QED) is 0.895. The molecular formula is C18H30N2O5. The lowest BCUT2D eigenvalue weighted by Gasteiger charge is -2.32. The summed E-state index contributed by atoms with van der Waals surface area (Å²) in [6.45, 7) is 12.3. The molecule has 1 aliphatic rings. The number of aromatic amines is 1. The molecule has 7 heteroatoms. The second kappa shape index (κ2) is 7.05. The Morgan fingerprint density at radius 2 is 1.80 bits per heavy atom. The molecule has 7 nitrogen and oxygen atoms in total. The number of hydrogen-bond acceptors (Lipinski definition) is 5. The Hall–Kier alpha value is -1.44. The normalized spacial score (nSPS) is 27.6. The van der Waals surface area contributed by atoms with Gasteiger partial charge in [-0.2, -0.15) is 0 Å². The lowest BCUT2D eigenvalue weighted by molar-refractivity contribution is -0.124. The molecule has 0 radical (unpaired) electrons. The number of nitrogens with one attached hydrogen (secondary N) is 1. The number of aromatic nitrogens is 2. The van der Waals surface area contributed by atoms with Crippen LogP contribution in [0.2, 0.25) is 0 Å². The van der Waals surface area contributed by atoms with Crippen molar-refractivity contribution in [3.8, 4) is 0 Å². The van der Waals surface area contributed by atoms with Crippen molar-refractivity contribution >= 4 is 0 Å². The average molecular weight is 354 g/mol. The van der Waals surface area contributed by atoms with Gasteiger partial charge in [-0.1, -0.05) is 20.8 Å². The van der Waals surface area contributed by atoms with E-state index < -0.39 is 23.6 Å². The minimum absolute atomic E-state index is 0.0211. The second-order valence-corrected chi connectivity index (χ2v) is 8.74. The van der Waals surface area contributed by atoms with E-state index in [-0.39, 0.29) is 23.2 Å². The summed E-state index contributed by atoms with van der Waals surface area (Å²) in [5.74, 6) is 0. The Labute approximate surface area is 148 Å². The maximum atomic E-state index is 12.2. The van der Waals surface area contributed by atoms with Gasteiger partial charge in [0.05, 0.1) is 11.7 Å². The van der Waals surface area contributed by atoms with Crippen molar-refractivity contribution in [3.05, 3.63) is 33.1 Å². The molecule has 2 heterocycles. The van der Waals surface area contributed by atoms with E-state index in [1.807, 2.05) is 20.8 Å². The van der Waals surface area contributed by atoms with E-state index in [9.17, 15) is 9.59 Å². The average Bonchev–Trinajstić information content (AvgIpc) is 2.72. The SMILES string of the molecule is CO[C@@H]1[C@H](OC(C)(C)C)[C@@H](CC(C)(C)C)O[C@H]1n1ccc(=O)[nH]c1=O. The van der Waals surface area contributed by atoms with Crippen LogP contribution in [0, 0.1) is 5.41 Å². The second-order valence-electron chi connectivity index (χ2n) is 8.74. The molecule has 0 aromatic carbocycles. The van der Waals surface area contributed by atoms with Crippen LogP contribution < -0.4 is 11.2 Å². The molecule has 0 saturated carbocycles. The molecule has 0 amide bonds. The molecule has 0 bridgehead atoms. The Bertz CT molecular complexity index is 695. The standard InChI is InChI=1S/C18H30N2O5/c1-17(2,3)10-11-13(25-18(4,5)6)14(23-7)15(24-11)20-9-8-12(21)19-16(20)22/h8-9,11,13-15H,10H2,1-7H3,(H,19,21,22)/t11-,13-,14-,15-/m1/s1. The number of ether oxygens (including phenoxy) is 3. The monoisotopic (exact) mass is 354 g/mol. The zero-order chi connectivity index (χ0) is 19.0. The molecule has 1 aromatic rings. The Morgan fingerprint density at radius 1 is 1.16 bits per heavy atom. The smallest absolute Gasteiger partial charge is 0.330 e. The van der Waals surface area contributed by atoms with E-state index in [1.165, 1.54) is 16.8 Å². The van der Waals surface area contributed by atoms with E-state index >= 15 is 0 Å². The fourth-order valence-electron chi connectivity index (χ4n) is 3.13. The van der Waals surface area contributed by atoms with Crippen LogP contribution in [0.5, 0.6) is 0 Å². The lowest BCUT2D eigenvalue weighted by atomic mass is 9.87. The van der Waals surface area contributed by atoms with Gasteiger partial charge in [-0.25, -0.2) is 4.79 Å². The molecule has 25 heavy (non-hydrogen) atoms. The molecule has 1 fully saturated rings. The van der Waals surface area contributed by atoms with Gasteiger partial charge in [0.1, 0.15) is 12.2 Å². The van der Waals surface area contributed by atoms with Crippen LogP contribution in [0.15, 0.2) is 21.9 Å². The number of H-pyrrole nitrogens is 1. The summed E-state index contributed by atoms with van der Waals surface area (Å²) >= 11 is 0. The zero-order valence-electron chi connectivity index (χ0n) is 16.2. The van der Waals surface area contributed by atoms with Crippen LogP contribution in [0.25, 0.3) is 0 Å². The van der Waals surface area contributed by atoms with Gasteiger partial charge < -0.3 is 14.2 Å². The van der Waals surface area contributed by atoms with Crippen molar-refractivity contribution in [3.63, 3.8) is 0 Å². The molecule has 142 valence electrons. The first-order valence-electron chi connectivity index (χ1n) is 8.59. The first-order chi connectivity index (χ1) is 11.4. The molecule has 1 N–H and O–H groups in total. The van der Waals surface area contributed by atoms with Crippen LogP contribution in [0.3, 0.4) is 0 Å². The minimum atomic E-state index is -0.658. The molecule has 1 aromatic heterocycles. The van der Waals surface area contributed by atoms with Crippen LogP contribution >= 0.6 is 0 Å². The molecule has 0 unspecified atom stereocenters. The van der Waals surface area contributed by atoms with E-state index in [2.05, 4.69) is 25.8 Å². The molecule has 4 atom stereocenters. The Kier molecular flexibility index (Phi) is 5.61. The number of hydrogen-bond donors (Lipinski definition) is 1. The van der Waals surface area contributed by atoms with E-state index in [0.717, 1.165) is 6.42 Å². The number of rotatable bonds is 4. The molecule has 2 rings (SSSR count). The van der Waals surface area contributed by atoms with Gasteiger partial charge in [0.2, 0.25) is 0 Å². The van der Waals surface area contributed by atoms with Gasteiger partial charge in [0.25, 0.3) is 5.56 Å². The van der Waals surface area contributed by atoms with Crippen molar-refractivity contribution in [1.29, 1.82) is 0 Å². The highest BCUT2D eigenvalue weighted by Gasteiger charge is 2.49. The third-order valence-corrected chi connectivity index (χ3v) is 3.99. The summed E-state index contributed by atoms with van der Waals surface area (Å²) in [5.41, 5.74) is -1.33. The summed E-state index contributed by atoms with van der Waals surface area (Å²) in [7, 11) is 1.58. The predicted molar refractivity (Wildman–Crippen MR) is 94.7 cm³/mol. The van der Waals surface area contributed by atoms with Crippen molar-refractivity contribution in [2.45, 2.75) is 78.1 Å². The van der Waals surface area contributed by atoms with Gasteiger partial charge in [-0.15, -0.1) is 0 Å². The largest absolute Gasteiger partial charge is 0.374 e. The third kappa shape index (κ3) is 5.03. The molecule has 0 aliphatic carbocycles. The highest BCUT2D eigenvalue weighted by Crippen LogP contribution is 2.39. The maximum Gasteiger partial charge on any atom is 0.330 e. The van der Waals surface area contributed by atoms with Crippen molar-refractivity contribution in [1.82, 2.24) is 9.55 Å². The van der Waals surface area contributed by atoms with Crippen LogP contribution in [0.4, 0.5) is 0 Å². The van der Waals surface area contributed by atoms with E-state index in [0.29, 0.717) is 0 Å². The predicted octanol–water partition coefficient (Wildman–Crippen LogP) is 2.07. The van der Waals surface area contributed by atoms with Gasteiger partial charge in [-0.05, 0) is 32.6 Å².